The standard InChI is InChI=1S/C20H20BrF4N3O2/c1-10(12-4-2-5-14(17(12)22)20(23,24)25)27-19(30)13-8-11(21)9-26-18(13)28-15-6-3-7-16(15)29/h2,4-5,8-10,15-16,29H,3,6-7H2,1H3,(H,26,28)(H,27,30)/t10-,15-,16-/m1/s1. The fourth-order valence-corrected chi connectivity index (χ4v) is 3.80. The van der Waals surface area contributed by atoms with Crippen molar-refractivity contribution in [3.05, 3.63) is 57.4 Å². The number of hydrogen-bond donors (Lipinski definition) is 3. The van der Waals surface area contributed by atoms with E-state index in [2.05, 4.69) is 31.5 Å². The highest BCUT2D eigenvalue weighted by Crippen LogP contribution is 2.34. The maximum absolute atomic E-state index is 14.4. The van der Waals surface area contributed by atoms with Gasteiger partial charge in [-0.3, -0.25) is 4.79 Å². The van der Waals surface area contributed by atoms with Gasteiger partial charge in [-0.25, -0.2) is 9.37 Å². The van der Waals surface area contributed by atoms with Crippen molar-refractivity contribution in [1.29, 1.82) is 0 Å². The molecule has 1 aliphatic carbocycles. The smallest absolute Gasteiger partial charge is 0.391 e. The lowest BCUT2D eigenvalue weighted by Gasteiger charge is -2.21. The van der Waals surface area contributed by atoms with Crippen LogP contribution in [0.4, 0.5) is 23.4 Å². The van der Waals surface area contributed by atoms with Crippen LogP contribution in [0.25, 0.3) is 0 Å². The zero-order valence-electron chi connectivity index (χ0n) is 15.9. The number of carbonyl (C=O) groups excluding carboxylic acids is 1. The fraction of sp³-hybridized carbons (Fsp3) is 0.400. The lowest BCUT2D eigenvalue weighted by atomic mass is 10.0. The van der Waals surface area contributed by atoms with Gasteiger partial charge in [0.2, 0.25) is 0 Å². The van der Waals surface area contributed by atoms with Crippen LogP contribution in [-0.4, -0.2) is 28.1 Å². The van der Waals surface area contributed by atoms with E-state index in [0.717, 1.165) is 12.5 Å². The van der Waals surface area contributed by atoms with E-state index >= 15 is 0 Å². The number of aliphatic hydroxyl groups is 1. The summed E-state index contributed by atoms with van der Waals surface area (Å²) in [6, 6.07) is 3.16. The van der Waals surface area contributed by atoms with Crippen LogP contribution >= 0.6 is 15.9 Å². The van der Waals surface area contributed by atoms with E-state index in [1.807, 2.05) is 0 Å². The summed E-state index contributed by atoms with van der Waals surface area (Å²) in [5.74, 6) is -1.82. The largest absolute Gasteiger partial charge is 0.419 e. The molecule has 0 unspecified atom stereocenters. The van der Waals surface area contributed by atoms with Gasteiger partial charge in [0.15, 0.2) is 0 Å². The summed E-state index contributed by atoms with van der Waals surface area (Å²) in [5, 5.41) is 15.6. The van der Waals surface area contributed by atoms with E-state index in [4.69, 9.17) is 0 Å². The van der Waals surface area contributed by atoms with Crippen LogP contribution in [0, 0.1) is 5.82 Å². The Morgan fingerprint density at radius 2 is 2.07 bits per heavy atom. The Balaban J connectivity index is 1.83. The van der Waals surface area contributed by atoms with Gasteiger partial charge in [0.25, 0.3) is 5.91 Å². The van der Waals surface area contributed by atoms with Crippen molar-refractivity contribution in [1.82, 2.24) is 10.3 Å². The molecule has 0 bridgehead atoms. The van der Waals surface area contributed by atoms with Crippen molar-refractivity contribution in [3.8, 4) is 0 Å². The number of aromatic nitrogens is 1. The van der Waals surface area contributed by atoms with E-state index < -0.39 is 35.6 Å². The molecule has 30 heavy (non-hydrogen) atoms. The third-order valence-corrected chi connectivity index (χ3v) is 5.48. The normalized spacial score (nSPS) is 20.1. The quantitative estimate of drug-likeness (QED) is 0.526. The van der Waals surface area contributed by atoms with Crippen molar-refractivity contribution < 1.29 is 27.5 Å². The number of halogens is 5. The van der Waals surface area contributed by atoms with E-state index in [1.165, 1.54) is 25.3 Å². The van der Waals surface area contributed by atoms with Crippen LogP contribution in [0.2, 0.25) is 0 Å². The first-order valence-electron chi connectivity index (χ1n) is 9.34. The van der Waals surface area contributed by atoms with Crippen molar-refractivity contribution in [2.75, 3.05) is 5.32 Å². The molecular weight excluding hydrogens is 470 g/mol. The Morgan fingerprint density at radius 1 is 1.33 bits per heavy atom. The lowest BCUT2D eigenvalue weighted by molar-refractivity contribution is -0.140. The number of amides is 1. The molecule has 10 heteroatoms. The van der Waals surface area contributed by atoms with Crippen molar-refractivity contribution >= 4 is 27.7 Å². The average Bonchev–Trinajstić information content (AvgIpc) is 3.06. The molecule has 0 radical (unpaired) electrons. The molecule has 3 rings (SSSR count). The molecule has 3 atom stereocenters. The van der Waals surface area contributed by atoms with Gasteiger partial charge in [0.1, 0.15) is 11.6 Å². The molecule has 1 amide bonds. The lowest BCUT2D eigenvalue weighted by Crippen LogP contribution is -2.32. The second kappa shape index (κ2) is 8.89. The van der Waals surface area contributed by atoms with E-state index in [9.17, 15) is 27.5 Å². The molecule has 1 aromatic heterocycles. The molecule has 0 saturated heterocycles. The Morgan fingerprint density at radius 3 is 2.70 bits per heavy atom. The van der Waals surface area contributed by atoms with Crippen LogP contribution in [0.5, 0.6) is 0 Å². The van der Waals surface area contributed by atoms with E-state index in [-0.39, 0.29) is 23.0 Å². The molecule has 3 N–H and O–H groups in total. The molecule has 0 spiro atoms. The number of carbonyl (C=O) groups is 1. The van der Waals surface area contributed by atoms with Gasteiger partial charge in [-0.1, -0.05) is 12.1 Å². The summed E-state index contributed by atoms with van der Waals surface area (Å²) in [6.45, 7) is 1.40. The molecule has 1 fully saturated rings. The minimum absolute atomic E-state index is 0.128. The molecule has 1 saturated carbocycles. The Bertz CT molecular complexity index is 939. The third kappa shape index (κ3) is 4.92. The van der Waals surface area contributed by atoms with Gasteiger partial charge >= 0.3 is 6.18 Å². The molecular formula is C20H20BrF4N3O2. The molecule has 5 nitrogen and oxygen atoms in total. The van der Waals surface area contributed by atoms with Gasteiger partial charge in [-0.2, -0.15) is 13.2 Å². The van der Waals surface area contributed by atoms with Crippen LogP contribution in [0.1, 0.15) is 53.7 Å². The summed E-state index contributed by atoms with van der Waals surface area (Å²) in [7, 11) is 0. The first-order chi connectivity index (χ1) is 14.1. The molecule has 1 heterocycles. The van der Waals surface area contributed by atoms with Crippen molar-refractivity contribution in [2.45, 2.75) is 50.6 Å². The average molecular weight is 490 g/mol. The topological polar surface area (TPSA) is 74.2 Å². The van der Waals surface area contributed by atoms with Crippen molar-refractivity contribution in [3.63, 3.8) is 0 Å². The van der Waals surface area contributed by atoms with Gasteiger partial charge in [-0.05, 0) is 54.2 Å². The van der Waals surface area contributed by atoms with Crippen LogP contribution in [0.15, 0.2) is 34.9 Å². The van der Waals surface area contributed by atoms with Crippen LogP contribution in [-0.2, 0) is 6.18 Å². The summed E-state index contributed by atoms with van der Waals surface area (Å²) in [4.78, 5) is 17.0. The number of alkyl halides is 3. The number of pyridine rings is 1. The first-order valence-corrected chi connectivity index (χ1v) is 10.1. The maximum Gasteiger partial charge on any atom is 0.419 e. The number of aliphatic hydroxyl groups excluding tert-OH is 1. The fourth-order valence-electron chi connectivity index (χ4n) is 3.47. The Labute approximate surface area is 179 Å². The second-order valence-electron chi connectivity index (χ2n) is 7.20. The first kappa shape index (κ1) is 22.5. The highest BCUT2D eigenvalue weighted by molar-refractivity contribution is 9.10. The molecule has 0 aliphatic heterocycles. The highest BCUT2D eigenvalue weighted by Gasteiger charge is 2.35. The Hall–Kier alpha value is -2.20. The number of hydrogen-bond acceptors (Lipinski definition) is 4. The number of benzene rings is 1. The monoisotopic (exact) mass is 489 g/mol. The number of nitrogens with zero attached hydrogens (tertiary/aromatic N) is 1. The maximum atomic E-state index is 14.4. The summed E-state index contributed by atoms with van der Waals surface area (Å²) < 4.78 is 53.8. The minimum Gasteiger partial charge on any atom is -0.391 e. The summed E-state index contributed by atoms with van der Waals surface area (Å²) >= 11 is 3.24. The molecule has 162 valence electrons. The van der Waals surface area contributed by atoms with Gasteiger partial charge < -0.3 is 15.7 Å². The molecule has 1 aliphatic rings. The van der Waals surface area contributed by atoms with Crippen LogP contribution in [0.3, 0.4) is 0 Å². The second-order valence-corrected chi connectivity index (χ2v) is 8.12. The van der Waals surface area contributed by atoms with Gasteiger partial charge in [-0.15, -0.1) is 0 Å². The molecule has 2 aromatic rings. The van der Waals surface area contributed by atoms with E-state index in [1.54, 1.807) is 0 Å². The zero-order valence-corrected chi connectivity index (χ0v) is 17.5. The number of anilines is 1. The highest BCUT2D eigenvalue weighted by atomic mass is 79.9. The van der Waals surface area contributed by atoms with Crippen molar-refractivity contribution in [2.24, 2.45) is 0 Å². The minimum atomic E-state index is -4.84. The van der Waals surface area contributed by atoms with Crippen LogP contribution < -0.4 is 10.6 Å². The van der Waals surface area contributed by atoms with Gasteiger partial charge in [0.05, 0.1) is 29.3 Å². The summed E-state index contributed by atoms with van der Waals surface area (Å²) in [5.41, 5.74) is -1.53. The number of rotatable bonds is 5. The third-order valence-electron chi connectivity index (χ3n) is 5.05. The van der Waals surface area contributed by atoms with Gasteiger partial charge in [0, 0.05) is 16.2 Å². The SMILES string of the molecule is C[C@@H](NC(=O)c1cc(Br)cnc1N[C@@H]1CCC[C@H]1O)c1cccc(C(F)(F)F)c1F. The molecule has 1 aromatic carbocycles. The Kier molecular flexibility index (Phi) is 6.66. The zero-order chi connectivity index (χ0) is 22.1. The number of nitrogens with one attached hydrogen (secondary N) is 2. The predicted molar refractivity (Wildman–Crippen MR) is 106 cm³/mol. The van der Waals surface area contributed by atoms with E-state index in [0.29, 0.717) is 23.4 Å². The predicted octanol–water partition coefficient (Wildman–Crippen LogP) is 4.82. The summed E-state index contributed by atoms with van der Waals surface area (Å²) in [6.07, 6.45) is -1.73.